The Labute approximate surface area is 113 Å². The highest BCUT2D eigenvalue weighted by molar-refractivity contribution is 7.18. The number of fused-ring (bicyclic) bond motifs is 3. The highest BCUT2D eigenvalue weighted by atomic mass is 32.1. The van der Waals surface area contributed by atoms with E-state index >= 15 is 0 Å². The maximum atomic E-state index is 12.5. The number of carbonyl (C=O) groups is 1. The van der Waals surface area contributed by atoms with Crippen LogP contribution in [0.25, 0.3) is 10.2 Å². The van der Waals surface area contributed by atoms with Crippen molar-refractivity contribution in [2.45, 2.75) is 38.6 Å². The van der Waals surface area contributed by atoms with Gasteiger partial charge in [-0.3, -0.25) is 9.36 Å². The van der Waals surface area contributed by atoms with Crippen molar-refractivity contribution < 1.29 is 9.90 Å². The number of hydrogen-bond acceptors (Lipinski definition) is 4. The molecule has 0 saturated heterocycles. The lowest BCUT2D eigenvalue weighted by Crippen LogP contribution is -2.29. The Morgan fingerprint density at radius 2 is 2.37 bits per heavy atom. The van der Waals surface area contributed by atoms with Crippen molar-refractivity contribution in [1.82, 2.24) is 9.55 Å². The summed E-state index contributed by atoms with van der Waals surface area (Å²) in [7, 11) is 0. The van der Waals surface area contributed by atoms with Gasteiger partial charge in [0, 0.05) is 4.88 Å². The number of nitrogens with zero attached hydrogens (tertiary/aromatic N) is 2. The van der Waals surface area contributed by atoms with E-state index in [9.17, 15) is 14.7 Å². The molecule has 0 radical (unpaired) electrons. The predicted molar refractivity (Wildman–Crippen MR) is 72.9 cm³/mol. The summed E-state index contributed by atoms with van der Waals surface area (Å²) >= 11 is 1.57. The molecule has 1 aliphatic rings. The van der Waals surface area contributed by atoms with E-state index in [1.165, 1.54) is 15.8 Å². The molecule has 0 aliphatic heterocycles. The molecule has 0 bridgehead atoms. The minimum atomic E-state index is -0.988. The molecule has 5 nitrogen and oxygen atoms in total. The van der Waals surface area contributed by atoms with Gasteiger partial charge in [0.05, 0.1) is 11.7 Å². The smallest absolute Gasteiger partial charge is 0.326 e. The highest BCUT2D eigenvalue weighted by Crippen LogP contribution is 2.34. The van der Waals surface area contributed by atoms with Crippen molar-refractivity contribution in [3.05, 3.63) is 27.1 Å². The monoisotopic (exact) mass is 278 g/mol. The van der Waals surface area contributed by atoms with Crippen LogP contribution in [0.15, 0.2) is 11.1 Å². The molecule has 2 aromatic rings. The van der Waals surface area contributed by atoms with Crippen LogP contribution >= 0.6 is 11.3 Å². The van der Waals surface area contributed by atoms with Crippen molar-refractivity contribution in [3.63, 3.8) is 0 Å². The summed E-state index contributed by atoms with van der Waals surface area (Å²) in [5.74, 6) is -0.988. The van der Waals surface area contributed by atoms with Gasteiger partial charge >= 0.3 is 5.97 Å². The van der Waals surface area contributed by atoms with Crippen LogP contribution in [-0.4, -0.2) is 20.6 Å². The summed E-state index contributed by atoms with van der Waals surface area (Å²) in [5.41, 5.74) is 0.880. The van der Waals surface area contributed by atoms with Crippen molar-refractivity contribution in [2.75, 3.05) is 0 Å². The molecular weight excluding hydrogens is 264 g/mol. The van der Waals surface area contributed by atoms with E-state index in [2.05, 4.69) is 4.98 Å². The quantitative estimate of drug-likeness (QED) is 0.931. The predicted octanol–water partition coefficient (Wildman–Crippen LogP) is 1.98. The second-order valence-corrected chi connectivity index (χ2v) is 5.84. The van der Waals surface area contributed by atoms with Crippen LogP contribution in [0.2, 0.25) is 0 Å². The fourth-order valence-electron chi connectivity index (χ4n) is 2.71. The Hall–Kier alpha value is -1.69. The third kappa shape index (κ3) is 1.78. The first kappa shape index (κ1) is 12.3. The topological polar surface area (TPSA) is 72.2 Å². The number of hydrogen-bond donors (Lipinski definition) is 1. The number of aromatic nitrogens is 2. The average Bonchev–Trinajstić information content (AvgIpc) is 2.92. The Morgan fingerprint density at radius 1 is 1.58 bits per heavy atom. The molecule has 0 amide bonds. The van der Waals surface area contributed by atoms with Crippen molar-refractivity contribution in [3.8, 4) is 0 Å². The van der Waals surface area contributed by atoms with Gasteiger partial charge in [0.15, 0.2) is 0 Å². The number of rotatable bonds is 3. The molecule has 0 aromatic carbocycles. The van der Waals surface area contributed by atoms with Gasteiger partial charge in [-0.25, -0.2) is 9.78 Å². The van der Waals surface area contributed by atoms with Crippen LogP contribution in [0.4, 0.5) is 0 Å². The van der Waals surface area contributed by atoms with Crippen LogP contribution in [0, 0.1) is 0 Å². The first-order chi connectivity index (χ1) is 9.13. The first-order valence-corrected chi connectivity index (χ1v) is 7.19. The number of thiophene rings is 1. The molecule has 2 heterocycles. The van der Waals surface area contributed by atoms with Gasteiger partial charge in [-0.2, -0.15) is 0 Å². The summed E-state index contributed by atoms with van der Waals surface area (Å²) in [4.78, 5) is 30.0. The van der Waals surface area contributed by atoms with Crippen LogP contribution in [0.3, 0.4) is 0 Å². The molecule has 1 N–H and O–H groups in total. The maximum Gasteiger partial charge on any atom is 0.326 e. The van der Waals surface area contributed by atoms with Crippen LogP contribution in [-0.2, 0) is 17.6 Å². The minimum Gasteiger partial charge on any atom is -0.480 e. The van der Waals surface area contributed by atoms with Crippen LogP contribution < -0.4 is 5.56 Å². The standard InChI is InChI=1S/C13H14N2O3S/c1-2-8(13(17)18)15-6-14-11-10(12(15)16)7-4-3-5-9(7)19-11/h6,8H,2-5H2,1H3,(H,17,18)/t8-/m1/s1. The van der Waals surface area contributed by atoms with E-state index < -0.39 is 12.0 Å². The van der Waals surface area contributed by atoms with Gasteiger partial charge in [-0.1, -0.05) is 6.92 Å². The van der Waals surface area contributed by atoms with Gasteiger partial charge in [0.2, 0.25) is 0 Å². The second kappa shape index (κ2) is 4.45. The fourth-order valence-corrected chi connectivity index (χ4v) is 3.93. The molecule has 3 rings (SSSR count). The zero-order valence-electron chi connectivity index (χ0n) is 10.5. The van der Waals surface area contributed by atoms with Crippen LogP contribution in [0.5, 0.6) is 0 Å². The third-order valence-electron chi connectivity index (χ3n) is 3.66. The van der Waals surface area contributed by atoms with Gasteiger partial charge in [0.1, 0.15) is 10.9 Å². The van der Waals surface area contributed by atoms with Crippen molar-refractivity contribution >= 4 is 27.5 Å². The lowest BCUT2D eigenvalue weighted by Gasteiger charge is -2.12. The summed E-state index contributed by atoms with van der Waals surface area (Å²) in [5, 5.41) is 9.82. The van der Waals surface area contributed by atoms with Gasteiger partial charge in [-0.05, 0) is 31.2 Å². The lowest BCUT2D eigenvalue weighted by atomic mass is 10.2. The first-order valence-electron chi connectivity index (χ1n) is 6.37. The van der Waals surface area contributed by atoms with E-state index in [0.29, 0.717) is 11.8 Å². The fraction of sp³-hybridized carbons (Fsp3) is 0.462. The Kier molecular flexibility index (Phi) is 2.89. The van der Waals surface area contributed by atoms with E-state index in [1.54, 1.807) is 18.3 Å². The number of aliphatic carboxylic acids is 1. The molecule has 0 fully saturated rings. The number of carboxylic acids is 1. The second-order valence-electron chi connectivity index (χ2n) is 4.76. The summed E-state index contributed by atoms with van der Waals surface area (Å²) in [6.07, 6.45) is 4.72. The summed E-state index contributed by atoms with van der Waals surface area (Å²) < 4.78 is 1.26. The van der Waals surface area contributed by atoms with E-state index in [1.807, 2.05) is 0 Å². The lowest BCUT2D eigenvalue weighted by molar-refractivity contribution is -0.141. The van der Waals surface area contributed by atoms with E-state index in [0.717, 1.165) is 29.7 Å². The molecule has 100 valence electrons. The molecule has 0 unspecified atom stereocenters. The molecule has 1 atom stereocenters. The Balaban J connectivity index is 2.26. The van der Waals surface area contributed by atoms with E-state index in [-0.39, 0.29) is 5.56 Å². The van der Waals surface area contributed by atoms with Crippen molar-refractivity contribution in [2.24, 2.45) is 0 Å². The molecular formula is C13H14N2O3S. The van der Waals surface area contributed by atoms with Gasteiger partial charge in [0.25, 0.3) is 5.56 Å². The zero-order valence-corrected chi connectivity index (χ0v) is 11.4. The molecule has 6 heteroatoms. The molecule has 0 spiro atoms. The van der Waals surface area contributed by atoms with Gasteiger partial charge in [-0.15, -0.1) is 11.3 Å². The van der Waals surface area contributed by atoms with Crippen molar-refractivity contribution in [1.29, 1.82) is 0 Å². The zero-order chi connectivity index (χ0) is 13.6. The molecule has 19 heavy (non-hydrogen) atoms. The normalized spacial score (nSPS) is 15.6. The van der Waals surface area contributed by atoms with E-state index in [4.69, 9.17) is 0 Å². The van der Waals surface area contributed by atoms with Gasteiger partial charge < -0.3 is 5.11 Å². The summed E-state index contributed by atoms with van der Waals surface area (Å²) in [6, 6.07) is -0.832. The highest BCUT2D eigenvalue weighted by Gasteiger charge is 2.24. The average molecular weight is 278 g/mol. The SMILES string of the molecule is CC[C@H](C(=O)O)n1cnc2sc3c(c2c1=O)CCC3. The molecule has 1 aliphatic carbocycles. The maximum absolute atomic E-state index is 12.5. The Morgan fingerprint density at radius 3 is 3.05 bits per heavy atom. The minimum absolute atomic E-state index is 0.210. The molecule has 2 aromatic heterocycles. The Bertz CT molecular complexity index is 716. The number of aryl methyl sites for hydroxylation is 2. The summed E-state index contributed by atoms with van der Waals surface area (Å²) in [6.45, 7) is 1.76. The third-order valence-corrected chi connectivity index (χ3v) is 4.86. The molecule has 0 saturated carbocycles. The van der Waals surface area contributed by atoms with Crippen LogP contribution in [0.1, 0.15) is 36.2 Å². The number of carboxylic acid groups (broad SMARTS) is 1. The largest absolute Gasteiger partial charge is 0.480 e.